The Hall–Kier alpha value is -1.22. The molecule has 1 unspecified atom stereocenters. The van der Waals surface area contributed by atoms with Gasteiger partial charge in [0.05, 0.1) is 17.5 Å². The van der Waals surface area contributed by atoms with Crippen molar-refractivity contribution in [2.24, 2.45) is 0 Å². The van der Waals surface area contributed by atoms with Gasteiger partial charge in [-0.15, -0.1) is 0 Å². The average molecular weight is 194 g/mol. The van der Waals surface area contributed by atoms with Gasteiger partial charge in [0.15, 0.2) is 0 Å². The lowest BCUT2D eigenvalue weighted by Crippen LogP contribution is -2.19. The van der Waals surface area contributed by atoms with E-state index in [0.29, 0.717) is 6.54 Å². The molecule has 0 amide bonds. The third-order valence-corrected chi connectivity index (χ3v) is 2.11. The van der Waals surface area contributed by atoms with Gasteiger partial charge in [0.1, 0.15) is 0 Å². The number of nitrogens with two attached hydrogens (primary N) is 1. The molecule has 1 aromatic rings. The third-order valence-electron chi connectivity index (χ3n) is 2.11. The number of anilines is 2. The van der Waals surface area contributed by atoms with Crippen LogP contribution in [0.2, 0.25) is 0 Å². The summed E-state index contributed by atoms with van der Waals surface area (Å²) in [5.41, 5.74) is 7.35. The van der Waals surface area contributed by atoms with Crippen molar-refractivity contribution in [2.45, 2.75) is 25.9 Å². The minimum Gasteiger partial charge on any atom is -0.397 e. The number of aliphatic hydroxyl groups is 1. The highest BCUT2D eigenvalue weighted by atomic mass is 16.3. The summed E-state index contributed by atoms with van der Waals surface area (Å²) in [6, 6.07) is 7.57. The average Bonchev–Trinajstić information content (AvgIpc) is 2.17. The molecule has 0 heterocycles. The Morgan fingerprint density at radius 3 is 2.79 bits per heavy atom. The van der Waals surface area contributed by atoms with Gasteiger partial charge in [0, 0.05) is 6.54 Å². The molecule has 0 spiro atoms. The first kappa shape index (κ1) is 10.9. The van der Waals surface area contributed by atoms with E-state index in [1.54, 1.807) is 0 Å². The summed E-state index contributed by atoms with van der Waals surface area (Å²) < 4.78 is 0. The van der Waals surface area contributed by atoms with Crippen LogP contribution in [-0.4, -0.2) is 17.8 Å². The minimum atomic E-state index is -0.292. The highest BCUT2D eigenvalue weighted by Crippen LogP contribution is 2.16. The lowest BCUT2D eigenvalue weighted by atomic mass is 10.2. The number of benzene rings is 1. The van der Waals surface area contributed by atoms with Crippen molar-refractivity contribution in [3.63, 3.8) is 0 Å². The second-order valence-corrected chi connectivity index (χ2v) is 3.41. The van der Waals surface area contributed by atoms with Gasteiger partial charge in [0.25, 0.3) is 0 Å². The Labute approximate surface area is 84.9 Å². The van der Waals surface area contributed by atoms with Crippen LogP contribution in [0.1, 0.15) is 19.8 Å². The van der Waals surface area contributed by atoms with Crippen molar-refractivity contribution in [1.29, 1.82) is 0 Å². The van der Waals surface area contributed by atoms with Crippen LogP contribution in [0.4, 0.5) is 11.4 Å². The van der Waals surface area contributed by atoms with Crippen LogP contribution >= 0.6 is 0 Å². The van der Waals surface area contributed by atoms with Crippen molar-refractivity contribution < 1.29 is 5.11 Å². The molecule has 0 saturated carbocycles. The predicted molar refractivity (Wildman–Crippen MR) is 60.3 cm³/mol. The van der Waals surface area contributed by atoms with Gasteiger partial charge in [-0.3, -0.25) is 0 Å². The maximum absolute atomic E-state index is 9.50. The van der Waals surface area contributed by atoms with Gasteiger partial charge in [-0.25, -0.2) is 0 Å². The second kappa shape index (κ2) is 5.50. The highest BCUT2D eigenvalue weighted by molar-refractivity contribution is 5.65. The van der Waals surface area contributed by atoms with Gasteiger partial charge in [-0.2, -0.15) is 0 Å². The molecule has 14 heavy (non-hydrogen) atoms. The fraction of sp³-hybridized carbons (Fsp3) is 0.455. The van der Waals surface area contributed by atoms with Crippen LogP contribution in [0.25, 0.3) is 0 Å². The zero-order valence-corrected chi connectivity index (χ0v) is 8.53. The zero-order chi connectivity index (χ0) is 10.4. The van der Waals surface area contributed by atoms with Crippen molar-refractivity contribution in [2.75, 3.05) is 17.6 Å². The standard InChI is InChI=1S/C11H18N2O/c1-2-5-9(14)8-13-11-7-4-3-6-10(11)12/h3-4,6-7,9,13-14H,2,5,8,12H2,1H3. The molecule has 0 fully saturated rings. The molecule has 0 aliphatic heterocycles. The summed E-state index contributed by atoms with van der Waals surface area (Å²) in [6.07, 6.45) is 1.52. The number of rotatable bonds is 5. The van der Waals surface area contributed by atoms with Crippen LogP contribution in [0.15, 0.2) is 24.3 Å². The first-order valence-electron chi connectivity index (χ1n) is 5.00. The fourth-order valence-electron chi connectivity index (χ4n) is 1.32. The maximum Gasteiger partial charge on any atom is 0.0712 e. The van der Waals surface area contributed by atoms with E-state index < -0.39 is 0 Å². The summed E-state index contributed by atoms with van der Waals surface area (Å²) in [7, 11) is 0. The number of para-hydroxylation sites is 2. The normalized spacial score (nSPS) is 12.4. The Bertz CT molecular complexity index is 276. The zero-order valence-electron chi connectivity index (χ0n) is 8.53. The summed E-state index contributed by atoms with van der Waals surface area (Å²) in [5, 5.41) is 12.6. The van der Waals surface area contributed by atoms with Crippen molar-refractivity contribution in [3.8, 4) is 0 Å². The van der Waals surface area contributed by atoms with E-state index in [4.69, 9.17) is 5.73 Å². The third kappa shape index (κ3) is 3.26. The van der Waals surface area contributed by atoms with Crippen LogP contribution in [0.5, 0.6) is 0 Å². The number of hydrogen-bond acceptors (Lipinski definition) is 3. The van der Waals surface area contributed by atoms with Crippen molar-refractivity contribution in [1.82, 2.24) is 0 Å². The number of nitrogen functional groups attached to an aromatic ring is 1. The largest absolute Gasteiger partial charge is 0.397 e. The van der Waals surface area contributed by atoms with E-state index in [0.717, 1.165) is 24.2 Å². The van der Waals surface area contributed by atoms with Gasteiger partial charge in [-0.05, 0) is 18.6 Å². The Morgan fingerprint density at radius 1 is 1.43 bits per heavy atom. The van der Waals surface area contributed by atoms with E-state index >= 15 is 0 Å². The van der Waals surface area contributed by atoms with E-state index in [-0.39, 0.29) is 6.10 Å². The fourth-order valence-corrected chi connectivity index (χ4v) is 1.32. The first-order valence-corrected chi connectivity index (χ1v) is 5.00. The van der Waals surface area contributed by atoms with Gasteiger partial charge >= 0.3 is 0 Å². The molecule has 0 aliphatic rings. The maximum atomic E-state index is 9.50. The smallest absolute Gasteiger partial charge is 0.0712 e. The van der Waals surface area contributed by atoms with Crippen LogP contribution in [-0.2, 0) is 0 Å². The molecule has 1 atom stereocenters. The lowest BCUT2D eigenvalue weighted by molar-refractivity contribution is 0.176. The predicted octanol–water partition coefficient (Wildman–Crippen LogP) is 1.84. The van der Waals surface area contributed by atoms with Crippen LogP contribution in [0, 0.1) is 0 Å². The van der Waals surface area contributed by atoms with E-state index in [9.17, 15) is 5.11 Å². The van der Waals surface area contributed by atoms with Gasteiger partial charge < -0.3 is 16.2 Å². The number of hydrogen-bond donors (Lipinski definition) is 3. The first-order chi connectivity index (χ1) is 6.74. The summed E-state index contributed by atoms with van der Waals surface area (Å²) in [4.78, 5) is 0. The Kier molecular flexibility index (Phi) is 4.26. The van der Waals surface area contributed by atoms with Crippen LogP contribution in [0.3, 0.4) is 0 Å². The molecule has 1 aromatic carbocycles. The van der Waals surface area contributed by atoms with E-state index in [1.165, 1.54) is 0 Å². The van der Waals surface area contributed by atoms with Crippen molar-refractivity contribution in [3.05, 3.63) is 24.3 Å². The minimum absolute atomic E-state index is 0.292. The molecule has 0 aromatic heterocycles. The quantitative estimate of drug-likeness (QED) is 0.627. The second-order valence-electron chi connectivity index (χ2n) is 3.41. The number of nitrogens with one attached hydrogen (secondary N) is 1. The Balaban J connectivity index is 2.41. The summed E-state index contributed by atoms with van der Waals surface area (Å²) >= 11 is 0. The molecule has 3 heteroatoms. The van der Waals surface area contributed by atoms with E-state index in [2.05, 4.69) is 12.2 Å². The van der Waals surface area contributed by atoms with Crippen LogP contribution < -0.4 is 11.1 Å². The summed E-state index contributed by atoms with van der Waals surface area (Å²) in [5.74, 6) is 0. The Morgan fingerprint density at radius 2 is 2.14 bits per heavy atom. The molecule has 0 saturated heterocycles. The monoisotopic (exact) mass is 194 g/mol. The molecule has 78 valence electrons. The molecule has 1 rings (SSSR count). The van der Waals surface area contributed by atoms with Gasteiger partial charge in [-0.1, -0.05) is 25.5 Å². The lowest BCUT2D eigenvalue weighted by Gasteiger charge is -2.13. The molecule has 0 bridgehead atoms. The molecule has 3 nitrogen and oxygen atoms in total. The van der Waals surface area contributed by atoms with Gasteiger partial charge in [0.2, 0.25) is 0 Å². The van der Waals surface area contributed by atoms with E-state index in [1.807, 2.05) is 24.3 Å². The van der Waals surface area contributed by atoms with Crippen molar-refractivity contribution >= 4 is 11.4 Å². The molecule has 4 N–H and O–H groups in total. The SMILES string of the molecule is CCCC(O)CNc1ccccc1N. The molecule has 0 aliphatic carbocycles. The molecular formula is C11H18N2O. The summed E-state index contributed by atoms with van der Waals surface area (Å²) in [6.45, 7) is 2.61. The topological polar surface area (TPSA) is 58.3 Å². The number of aliphatic hydroxyl groups excluding tert-OH is 1. The molecular weight excluding hydrogens is 176 g/mol. The highest BCUT2D eigenvalue weighted by Gasteiger charge is 2.02. The molecule has 0 radical (unpaired) electrons.